The van der Waals surface area contributed by atoms with Gasteiger partial charge in [0.25, 0.3) is 5.91 Å². The molecule has 0 aromatic heterocycles. The lowest BCUT2D eigenvalue weighted by atomic mass is 9.94. The van der Waals surface area contributed by atoms with Crippen molar-refractivity contribution in [3.8, 4) is 0 Å². The van der Waals surface area contributed by atoms with E-state index in [1.807, 2.05) is 32.0 Å². The SMILES string of the molecule is CC1=C(C(=O)Nc2cc(C)ccc2C)[C@H](c2ccccc2F)NC(=O)N1. The smallest absolute Gasteiger partial charge is 0.319 e. The number of carbonyl (C=O) groups excluding carboxylic acids is 2. The number of aryl methyl sites for hydroxylation is 2. The van der Waals surface area contributed by atoms with Gasteiger partial charge in [0.2, 0.25) is 0 Å². The molecule has 5 nitrogen and oxygen atoms in total. The van der Waals surface area contributed by atoms with E-state index in [1.54, 1.807) is 25.1 Å². The van der Waals surface area contributed by atoms with Crippen molar-refractivity contribution in [2.24, 2.45) is 0 Å². The summed E-state index contributed by atoms with van der Waals surface area (Å²) in [6, 6.07) is 10.5. The van der Waals surface area contributed by atoms with Crippen molar-refractivity contribution in [1.82, 2.24) is 10.6 Å². The Hall–Kier alpha value is -3.15. The molecule has 0 aliphatic carbocycles. The van der Waals surface area contributed by atoms with E-state index in [4.69, 9.17) is 0 Å². The van der Waals surface area contributed by atoms with Crippen LogP contribution in [0.5, 0.6) is 0 Å². The fourth-order valence-corrected chi connectivity index (χ4v) is 3.00. The summed E-state index contributed by atoms with van der Waals surface area (Å²) in [6.07, 6.45) is 0. The molecule has 0 spiro atoms. The maximum atomic E-state index is 14.3. The summed E-state index contributed by atoms with van der Waals surface area (Å²) in [5, 5.41) is 8.10. The molecule has 3 N–H and O–H groups in total. The number of anilines is 1. The third kappa shape index (κ3) is 3.44. The zero-order valence-corrected chi connectivity index (χ0v) is 14.8. The first-order valence-electron chi connectivity index (χ1n) is 8.28. The van der Waals surface area contributed by atoms with Gasteiger partial charge in [-0.25, -0.2) is 9.18 Å². The molecular weight excluding hydrogens is 333 g/mol. The molecule has 3 rings (SSSR count). The average Bonchev–Trinajstić information content (AvgIpc) is 2.57. The minimum atomic E-state index is -0.866. The van der Waals surface area contributed by atoms with Gasteiger partial charge >= 0.3 is 6.03 Å². The lowest BCUT2D eigenvalue weighted by molar-refractivity contribution is -0.113. The van der Waals surface area contributed by atoms with Crippen molar-refractivity contribution < 1.29 is 14.0 Å². The van der Waals surface area contributed by atoms with Crippen LogP contribution in [0.25, 0.3) is 0 Å². The Morgan fingerprint density at radius 2 is 1.85 bits per heavy atom. The van der Waals surface area contributed by atoms with Crippen LogP contribution in [0.1, 0.15) is 29.7 Å². The van der Waals surface area contributed by atoms with E-state index >= 15 is 0 Å². The van der Waals surface area contributed by atoms with Crippen molar-refractivity contribution in [2.45, 2.75) is 26.8 Å². The molecule has 1 aliphatic rings. The Morgan fingerprint density at radius 1 is 1.12 bits per heavy atom. The number of urea groups is 1. The van der Waals surface area contributed by atoms with E-state index in [1.165, 1.54) is 6.07 Å². The van der Waals surface area contributed by atoms with Crippen LogP contribution in [0, 0.1) is 19.7 Å². The van der Waals surface area contributed by atoms with Gasteiger partial charge in [-0.05, 0) is 44.0 Å². The summed E-state index contributed by atoms with van der Waals surface area (Å²) < 4.78 is 14.3. The molecule has 1 atom stereocenters. The Kier molecular flexibility index (Phi) is 4.75. The Labute approximate surface area is 151 Å². The summed E-state index contributed by atoms with van der Waals surface area (Å²) in [5.74, 6) is -0.874. The van der Waals surface area contributed by atoms with Gasteiger partial charge in [0.15, 0.2) is 0 Å². The van der Waals surface area contributed by atoms with E-state index in [0.717, 1.165) is 11.1 Å². The highest BCUT2D eigenvalue weighted by atomic mass is 19.1. The summed E-state index contributed by atoms with van der Waals surface area (Å²) in [7, 11) is 0. The lowest BCUT2D eigenvalue weighted by Gasteiger charge is -2.29. The van der Waals surface area contributed by atoms with Crippen LogP contribution in [0.4, 0.5) is 14.9 Å². The van der Waals surface area contributed by atoms with Crippen molar-refractivity contribution in [3.63, 3.8) is 0 Å². The quantitative estimate of drug-likeness (QED) is 0.787. The molecule has 0 bridgehead atoms. The van der Waals surface area contributed by atoms with Crippen LogP contribution in [0.2, 0.25) is 0 Å². The molecule has 1 heterocycles. The van der Waals surface area contributed by atoms with Crippen molar-refractivity contribution >= 4 is 17.6 Å². The largest absolute Gasteiger partial charge is 0.327 e. The molecule has 6 heteroatoms. The second kappa shape index (κ2) is 7.00. The van der Waals surface area contributed by atoms with Crippen molar-refractivity contribution in [2.75, 3.05) is 5.32 Å². The molecule has 2 aromatic rings. The fraction of sp³-hybridized carbons (Fsp3) is 0.200. The second-order valence-corrected chi connectivity index (χ2v) is 6.36. The number of nitrogens with one attached hydrogen (secondary N) is 3. The third-order valence-corrected chi connectivity index (χ3v) is 4.37. The normalized spacial score (nSPS) is 16.8. The van der Waals surface area contributed by atoms with Gasteiger partial charge in [0.1, 0.15) is 5.82 Å². The minimum Gasteiger partial charge on any atom is -0.327 e. The number of rotatable bonds is 3. The number of hydrogen-bond acceptors (Lipinski definition) is 2. The standard InChI is InChI=1S/C20H20FN3O2/c1-11-8-9-12(2)16(10-11)23-19(25)17-13(3)22-20(26)24-18(17)14-6-4-5-7-15(14)21/h4-10,18H,1-3H3,(H,23,25)(H2,22,24,26)/t18-/m0/s1. The highest BCUT2D eigenvalue weighted by Crippen LogP contribution is 2.29. The summed E-state index contributed by atoms with van der Waals surface area (Å²) >= 11 is 0. The number of carbonyl (C=O) groups is 2. The van der Waals surface area contributed by atoms with Gasteiger partial charge in [0.05, 0.1) is 11.6 Å². The van der Waals surface area contributed by atoms with Gasteiger partial charge in [0, 0.05) is 16.9 Å². The van der Waals surface area contributed by atoms with Gasteiger partial charge < -0.3 is 16.0 Å². The minimum absolute atomic E-state index is 0.243. The van der Waals surface area contributed by atoms with Crippen LogP contribution >= 0.6 is 0 Å². The zero-order valence-electron chi connectivity index (χ0n) is 14.8. The molecule has 0 saturated heterocycles. The molecule has 0 fully saturated rings. The van der Waals surface area contributed by atoms with Crippen LogP contribution in [-0.2, 0) is 4.79 Å². The van der Waals surface area contributed by atoms with Crippen molar-refractivity contribution in [1.29, 1.82) is 0 Å². The van der Waals surface area contributed by atoms with E-state index < -0.39 is 23.8 Å². The number of allylic oxidation sites excluding steroid dienone is 1. The van der Waals surface area contributed by atoms with E-state index in [2.05, 4.69) is 16.0 Å². The molecule has 2 aromatic carbocycles. The first-order valence-corrected chi connectivity index (χ1v) is 8.28. The number of amides is 3. The molecule has 0 radical (unpaired) electrons. The van der Waals surface area contributed by atoms with Gasteiger partial charge in [-0.15, -0.1) is 0 Å². The lowest BCUT2D eigenvalue weighted by Crippen LogP contribution is -2.46. The monoisotopic (exact) mass is 353 g/mol. The highest BCUT2D eigenvalue weighted by molar-refractivity contribution is 6.07. The number of halogens is 1. The van der Waals surface area contributed by atoms with Crippen LogP contribution < -0.4 is 16.0 Å². The number of hydrogen-bond donors (Lipinski definition) is 3. The molecule has 0 unspecified atom stereocenters. The van der Waals surface area contributed by atoms with Gasteiger partial charge in [-0.3, -0.25) is 4.79 Å². The summed E-state index contributed by atoms with van der Waals surface area (Å²) in [5.41, 5.74) is 3.52. The molecule has 3 amide bonds. The predicted octanol–water partition coefficient (Wildman–Crippen LogP) is 3.71. The average molecular weight is 353 g/mol. The summed E-state index contributed by atoms with van der Waals surface area (Å²) in [4.78, 5) is 24.8. The highest BCUT2D eigenvalue weighted by Gasteiger charge is 2.32. The third-order valence-electron chi connectivity index (χ3n) is 4.37. The van der Waals surface area contributed by atoms with E-state index in [9.17, 15) is 14.0 Å². The number of benzene rings is 2. The predicted molar refractivity (Wildman–Crippen MR) is 98.1 cm³/mol. The Morgan fingerprint density at radius 3 is 2.58 bits per heavy atom. The Balaban J connectivity index is 2.00. The molecular formula is C20H20FN3O2. The van der Waals surface area contributed by atoms with Crippen LogP contribution in [0.15, 0.2) is 53.7 Å². The van der Waals surface area contributed by atoms with Gasteiger partial charge in [-0.2, -0.15) is 0 Å². The zero-order chi connectivity index (χ0) is 18.8. The topological polar surface area (TPSA) is 70.2 Å². The van der Waals surface area contributed by atoms with E-state index in [-0.39, 0.29) is 11.1 Å². The van der Waals surface area contributed by atoms with Crippen LogP contribution in [-0.4, -0.2) is 11.9 Å². The van der Waals surface area contributed by atoms with Crippen molar-refractivity contribution in [3.05, 3.63) is 76.2 Å². The fourth-order valence-electron chi connectivity index (χ4n) is 3.00. The first kappa shape index (κ1) is 17.7. The Bertz CT molecular complexity index is 921. The summed E-state index contributed by atoms with van der Waals surface area (Å²) in [6.45, 7) is 5.46. The maximum absolute atomic E-state index is 14.3. The first-order chi connectivity index (χ1) is 12.4. The molecule has 134 valence electrons. The van der Waals surface area contributed by atoms with Gasteiger partial charge in [-0.1, -0.05) is 30.3 Å². The maximum Gasteiger partial charge on any atom is 0.319 e. The van der Waals surface area contributed by atoms with E-state index in [0.29, 0.717) is 11.4 Å². The molecule has 0 saturated carbocycles. The molecule has 26 heavy (non-hydrogen) atoms. The van der Waals surface area contributed by atoms with Crippen LogP contribution in [0.3, 0.4) is 0 Å². The second-order valence-electron chi connectivity index (χ2n) is 6.36. The molecule has 1 aliphatic heterocycles.